The van der Waals surface area contributed by atoms with Gasteiger partial charge in [-0.25, -0.2) is 4.68 Å². The Balaban J connectivity index is 1.59. The van der Waals surface area contributed by atoms with Crippen molar-refractivity contribution in [1.82, 2.24) is 19.7 Å². The molecule has 3 aromatic rings. The molecular weight excluding hydrogens is 362 g/mol. The Morgan fingerprint density at radius 3 is 2.81 bits per heavy atom. The van der Waals surface area contributed by atoms with Crippen LogP contribution in [0.4, 0.5) is 5.13 Å². The van der Waals surface area contributed by atoms with Crippen molar-refractivity contribution in [2.24, 2.45) is 0 Å². The molecule has 7 nitrogen and oxygen atoms in total. The van der Waals surface area contributed by atoms with Crippen LogP contribution >= 0.6 is 11.3 Å². The molecule has 0 bridgehead atoms. The van der Waals surface area contributed by atoms with Gasteiger partial charge in [-0.2, -0.15) is 10.1 Å². The van der Waals surface area contributed by atoms with Crippen LogP contribution in [-0.4, -0.2) is 65.5 Å². The van der Waals surface area contributed by atoms with Crippen LogP contribution < -0.4 is 4.90 Å². The predicted molar refractivity (Wildman–Crippen MR) is 107 cm³/mol. The third-order valence-corrected chi connectivity index (χ3v) is 5.95. The maximum Gasteiger partial charge on any atom is 0.242 e. The van der Waals surface area contributed by atoms with E-state index in [4.69, 9.17) is 9.72 Å². The van der Waals surface area contributed by atoms with E-state index in [0.29, 0.717) is 32.8 Å². The lowest BCUT2D eigenvalue weighted by Crippen LogP contribution is -2.45. The molecule has 1 amide bonds. The van der Waals surface area contributed by atoms with Gasteiger partial charge in [-0.15, -0.1) is 0 Å². The molecule has 0 N–H and O–H groups in total. The molecule has 1 aliphatic rings. The molecule has 1 fully saturated rings. The number of morpholine rings is 1. The highest BCUT2D eigenvalue weighted by Crippen LogP contribution is 2.32. The highest BCUT2D eigenvalue weighted by atomic mass is 32.1. The summed E-state index contributed by atoms with van der Waals surface area (Å²) in [7, 11) is 1.91. The molecule has 0 unspecified atom stereocenters. The summed E-state index contributed by atoms with van der Waals surface area (Å²) < 4.78 is 8.26. The van der Waals surface area contributed by atoms with Crippen LogP contribution in [0.25, 0.3) is 16.0 Å². The van der Waals surface area contributed by atoms with E-state index in [1.165, 1.54) is 5.56 Å². The minimum absolute atomic E-state index is 0.108. The van der Waals surface area contributed by atoms with Crippen LogP contribution in [0.5, 0.6) is 0 Å². The van der Waals surface area contributed by atoms with Crippen LogP contribution in [0.2, 0.25) is 0 Å². The van der Waals surface area contributed by atoms with Crippen LogP contribution in [0.3, 0.4) is 0 Å². The van der Waals surface area contributed by atoms with Gasteiger partial charge in [0, 0.05) is 20.1 Å². The molecule has 0 saturated carbocycles. The molecule has 2 aromatic heterocycles. The molecule has 27 heavy (non-hydrogen) atoms. The lowest BCUT2D eigenvalue weighted by molar-refractivity contribution is -0.133. The van der Waals surface area contributed by atoms with Gasteiger partial charge in [0.15, 0.2) is 10.8 Å². The van der Waals surface area contributed by atoms with Crippen molar-refractivity contribution in [3.05, 3.63) is 35.5 Å². The Morgan fingerprint density at radius 1 is 1.30 bits per heavy atom. The van der Waals surface area contributed by atoms with E-state index in [-0.39, 0.29) is 5.91 Å². The van der Waals surface area contributed by atoms with E-state index < -0.39 is 0 Å². The number of likely N-dealkylation sites (N-methyl/N-ethyl adjacent to an activating group) is 1. The SMILES string of the molecule is Cc1cccc(-n2nc(C)c3sc(N(C)CC(=O)N4CCOCC4)nc32)c1. The number of aromatic nitrogens is 3. The van der Waals surface area contributed by atoms with Crippen molar-refractivity contribution >= 4 is 32.7 Å². The Morgan fingerprint density at radius 2 is 2.07 bits per heavy atom. The van der Waals surface area contributed by atoms with Gasteiger partial charge in [0.25, 0.3) is 0 Å². The average Bonchev–Trinajstić information content (AvgIpc) is 3.23. The summed E-state index contributed by atoms with van der Waals surface area (Å²) in [4.78, 5) is 21.1. The zero-order chi connectivity index (χ0) is 19.0. The van der Waals surface area contributed by atoms with Crippen molar-refractivity contribution in [3.8, 4) is 5.69 Å². The summed E-state index contributed by atoms with van der Waals surface area (Å²) in [5, 5.41) is 5.48. The summed E-state index contributed by atoms with van der Waals surface area (Å²) in [6.07, 6.45) is 0. The fraction of sp³-hybridized carbons (Fsp3) is 0.421. The highest BCUT2D eigenvalue weighted by molar-refractivity contribution is 7.22. The molecule has 0 spiro atoms. The molecule has 1 aliphatic heterocycles. The number of nitrogens with zero attached hydrogens (tertiary/aromatic N) is 5. The van der Waals surface area contributed by atoms with Gasteiger partial charge in [0.2, 0.25) is 5.91 Å². The van der Waals surface area contributed by atoms with E-state index in [0.717, 1.165) is 26.9 Å². The zero-order valence-corrected chi connectivity index (χ0v) is 16.6. The zero-order valence-electron chi connectivity index (χ0n) is 15.8. The first-order valence-electron chi connectivity index (χ1n) is 9.03. The molecule has 4 rings (SSSR count). The number of hydrogen-bond acceptors (Lipinski definition) is 6. The first-order chi connectivity index (χ1) is 13.0. The monoisotopic (exact) mass is 385 g/mol. The van der Waals surface area contributed by atoms with Gasteiger partial charge in [-0.3, -0.25) is 4.79 Å². The van der Waals surface area contributed by atoms with Crippen molar-refractivity contribution < 1.29 is 9.53 Å². The van der Waals surface area contributed by atoms with Crippen LogP contribution in [-0.2, 0) is 9.53 Å². The third-order valence-electron chi connectivity index (χ3n) is 4.69. The van der Waals surface area contributed by atoms with E-state index in [9.17, 15) is 4.79 Å². The third kappa shape index (κ3) is 3.54. The molecule has 1 aromatic carbocycles. The Bertz CT molecular complexity index is 974. The van der Waals surface area contributed by atoms with Crippen molar-refractivity contribution in [3.63, 3.8) is 0 Å². The molecule has 0 radical (unpaired) electrons. The number of amides is 1. The molecule has 1 saturated heterocycles. The number of rotatable bonds is 4. The molecular formula is C19H23N5O2S. The van der Waals surface area contributed by atoms with E-state index in [1.54, 1.807) is 11.3 Å². The lowest BCUT2D eigenvalue weighted by Gasteiger charge is -2.28. The number of anilines is 1. The number of thiazole rings is 1. The maximum absolute atomic E-state index is 12.5. The van der Waals surface area contributed by atoms with Gasteiger partial charge >= 0.3 is 0 Å². The number of hydrogen-bond donors (Lipinski definition) is 0. The van der Waals surface area contributed by atoms with Gasteiger partial charge in [-0.05, 0) is 31.5 Å². The van der Waals surface area contributed by atoms with E-state index in [1.807, 2.05) is 40.6 Å². The van der Waals surface area contributed by atoms with Crippen LogP contribution in [0, 0.1) is 13.8 Å². The summed E-state index contributed by atoms with van der Waals surface area (Å²) in [6, 6.07) is 8.21. The Kier molecular flexibility index (Phi) is 4.84. The first-order valence-corrected chi connectivity index (χ1v) is 9.84. The number of carbonyl (C=O) groups excluding carboxylic acids is 1. The van der Waals surface area contributed by atoms with Crippen LogP contribution in [0.1, 0.15) is 11.3 Å². The fourth-order valence-electron chi connectivity index (χ4n) is 3.21. The molecule has 142 valence electrons. The largest absolute Gasteiger partial charge is 0.378 e. The van der Waals surface area contributed by atoms with Crippen molar-refractivity contribution in [2.45, 2.75) is 13.8 Å². The number of fused-ring (bicyclic) bond motifs is 1. The minimum Gasteiger partial charge on any atom is -0.378 e. The standard InChI is InChI=1S/C19H23N5O2S/c1-13-5-4-6-15(11-13)24-18-17(14(2)21-24)27-19(20-18)22(3)12-16(25)23-7-9-26-10-8-23/h4-6,11H,7-10,12H2,1-3H3. The number of carbonyl (C=O) groups is 1. The lowest BCUT2D eigenvalue weighted by atomic mass is 10.2. The molecule has 0 aliphatic carbocycles. The second-order valence-corrected chi connectivity index (χ2v) is 7.81. The topological polar surface area (TPSA) is 63.5 Å². The van der Waals surface area contributed by atoms with Gasteiger partial charge in [0.1, 0.15) is 0 Å². The van der Waals surface area contributed by atoms with Crippen molar-refractivity contribution in [2.75, 3.05) is 44.8 Å². The smallest absolute Gasteiger partial charge is 0.242 e. The van der Waals surface area contributed by atoms with Gasteiger partial charge < -0.3 is 14.5 Å². The van der Waals surface area contributed by atoms with Gasteiger partial charge in [-0.1, -0.05) is 23.5 Å². The highest BCUT2D eigenvalue weighted by Gasteiger charge is 2.21. The molecule has 3 heterocycles. The second-order valence-electron chi connectivity index (χ2n) is 6.83. The number of benzene rings is 1. The minimum atomic E-state index is 0.108. The fourth-order valence-corrected chi connectivity index (χ4v) is 4.16. The normalized spacial score (nSPS) is 14.7. The molecule has 8 heteroatoms. The quantitative estimate of drug-likeness (QED) is 0.690. The summed E-state index contributed by atoms with van der Waals surface area (Å²) >= 11 is 1.58. The average molecular weight is 385 g/mol. The number of ether oxygens (including phenoxy) is 1. The summed E-state index contributed by atoms with van der Waals surface area (Å²) in [5.74, 6) is 0.108. The van der Waals surface area contributed by atoms with Gasteiger partial charge in [0.05, 0.1) is 35.8 Å². The first kappa shape index (κ1) is 17.9. The molecule has 0 atom stereocenters. The van der Waals surface area contributed by atoms with Crippen LogP contribution in [0.15, 0.2) is 24.3 Å². The summed E-state index contributed by atoms with van der Waals surface area (Å²) in [5.41, 5.74) is 3.96. The van der Waals surface area contributed by atoms with E-state index in [2.05, 4.69) is 24.2 Å². The Labute approximate surface area is 162 Å². The Hall–Kier alpha value is -2.45. The van der Waals surface area contributed by atoms with Crippen molar-refractivity contribution in [1.29, 1.82) is 0 Å². The second kappa shape index (κ2) is 7.28. The predicted octanol–water partition coefficient (Wildman–Crippen LogP) is 2.39. The maximum atomic E-state index is 12.5. The number of aryl methyl sites for hydroxylation is 2. The van der Waals surface area contributed by atoms with E-state index >= 15 is 0 Å². The summed E-state index contributed by atoms with van der Waals surface area (Å²) in [6.45, 7) is 6.92.